The molecule has 2 N–H and O–H groups in total. The molecule has 2 aliphatic heterocycles. The van der Waals surface area contributed by atoms with Crippen LogP contribution in [0.5, 0.6) is 0 Å². The van der Waals surface area contributed by atoms with Gasteiger partial charge in [-0.15, -0.1) is 0 Å². The van der Waals surface area contributed by atoms with Gasteiger partial charge in [-0.2, -0.15) is 0 Å². The SMILES string of the molecule is CC[Si](CC)(CC)O[C@H]1C[C@H]2OC[C@@]2(OC(=O)N2CC2)[C@H]2[C@H](OC(=O)c3ccccc3)[C@]3(O)C[C@H](OC(=O)[C@H](O[Si](CC)(CC)CC)[C@@H](NC(=O)OC(C)(C)C)c4ccco4)C(C)=C([C@@H](OC(C)=O)C(=O)[C@]12C)C3(C)C. The van der Waals surface area contributed by atoms with Crippen LogP contribution in [0, 0.1) is 16.7 Å². The van der Waals surface area contributed by atoms with Crippen LogP contribution >= 0.6 is 0 Å². The number of ether oxygens (including phenoxy) is 6. The number of furan rings is 1. The lowest BCUT2D eigenvalue weighted by molar-refractivity contribution is -0.340. The lowest BCUT2D eigenvalue weighted by Crippen LogP contribution is -2.82. The number of benzene rings is 1. The fraction of sp³-hybridized carbons (Fsp3) is 0.679. The Morgan fingerprint density at radius 3 is 2.00 bits per heavy atom. The maximum Gasteiger partial charge on any atom is 0.410 e. The molecule has 2 amide bonds. The van der Waals surface area contributed by atoms with E-state index in [0.29, 0.717) is 49.4 Å². The van der Waals surface area contributed by atoms with Crippen molar-refractivity contribution in [2.24, 2.45) is 16.7 Å². The van der Waals surface area contributed by atoms with Crippen molar-refractivity contribution < 1.29 is 75.6 Å². The number of hydrogen-bond acceptors (Lipinski definition) is 16. The van der Waals surface area contributed by atoms with Gasteiger partial charge in [-0.25, -0.2) is 19.2 Å². The summed E-state index contributed by atoms with van der Waals surface area (Å²) >= 11 is 0. The zero-order valence-corrected chi connectivity index (χ0v) is 49.0. The molecule has 1 aromatic carbocycles. The highest BCUT2D eigenvalue weighted by Gasteiger charge is 2.79. The summed E-state index contributed by atoms with van der Waals surface area (Å²) in [4.78, 5) is 90.3. The fourth-order valence-corrected chi connectivity index (χ4v) is 18.3. The third-order valence-electron chi connectivity index (χ3n) is 17.8. The summed E-state index contributed by atoms with van der Waals surface area (Å²) in [6.45, 7) is 25.8. The van der Waals surface area contributed by atoms with Crippen molar-refractivity contribution in [1.82, 2.24) is 10.2 Å². The molecular weight excluding hydrogens is 1010 g/mol. The average Bonchev–Trinajstić information content (AvgIpc) is 4.09. The van der Waals surface area contributed by atoms with Crippen LogP contribution in [0.15, 0.2) is 64.3 Å². The first kappa shape index (κ1) is 58.8. The second-order valence-corrected chi connectivity index (χ2v) is 32.6. The highest BCUT2D eigenvalue weighted by molar-refractivity contribution is 6.74. The van der Waals surface area contributed by atoms with E-state index in [1.807, 2.05) is 20.8 Å². The molecule has 4 fully saturated rings. The van der Waals surface area contributed by atoms with Gasteiger partial charge in [0.05, 0.1) is 35.9 Å². The molecule has 3 aliphatic carbocycles. The number of nitrogens with one attached hydrogen (secondary N) is 1. The molecule has 0 spiro atoms. The number of aliphatic hydroxyl groups is 1. The Bertz CT molecular complexity index is 2480. The van der Waals surface area contributed by atoms with Gasteiger partial charge in [0.15, 0.2) is 40.2 Å². The van der Waals surface area contributed by atoms with Crippen LogP contribution in [0.2, 0.25) is 36.3 Å². The summed E-state index contributed by atoms with van der Waals surface area (Å²) in [5.74, 6) is -4.51. The molecule has 2 saturated heterocycles. The molecule has 11 atom stereocenters. The minimum Gasteiger partial charge on any atom is -0.467 e. The van der Waals surface area contributed by atoms with E-state index in [4.69, 9.17) is 41.7 Å². The molecule has 2 saturated carbocycles. The Morgan fingerprint density at radius 2 is 1.49 bits per heavy atom. The van der Waals surface area contributed by atoms with Crippen molar-refractivity contribution >= 4 is 52.5 Å². The maximum absolute atomic E-state index is 16.7. The van der Waals surface area contributed by atoms with E-state index in [1.54, 1.807) is 90.9 Å². The molecule has 5 aliphatic rings. The Balaban J connectivity index is 1.49. The van der Waals surface area contributed by atoms with Crippen molar-refractivity contribution in [3.63, 3.8) is 0 Å². The summed E-state index contributed by atoms with van der Waals surface area (Å²) in [6.07, 6.45) is -8.84. The van der Waals surface area contributed by atoms with Crippen LogP contribution in [0.25, 0.3) is 0 Å². The maximum atomic E-state index is 16.7. The molecule has 2 aromatic rings. The third kappa shape index (κ3) is 10.7. The number of Topliss-reactive ketones (excluding diaryl/α,β-unsaturated/α-hetero) is 1. The van der Waals surface area contributed by atoms with Gasteiger partial charge in [0.2, 0.25) is 0 Å². The van der Waals surface area contributed by atoms with Crippen molar-refractivity contribution in [3.8, 4) is 0 Å². The Morgan fingerprint density at radius 1 is 0.868 bits per heavy atom. The number of amides is 2. The number of carbonyl (C=O) groups excluding carboxylic acids is 6. The Labute approximate surface area is 449 Å². The van der Waals surface area contributed by atoms with E-state index in [9.17, 15) is 24.3 Å². The zero-order valence-electron chi connectivity index (χ0n) is 47.0. The number of rotatable bonds is 19. The van der Waals surface area contributed by atoms with Crippen LogP contribution < -0.4 is 5.32 Å². The van der Waals surface area contributed by atoms with E-state index in [2.05, 4.69) is 26.1 Å². The van der Waals surface area contributed by atoms with Crippen LogP contribution in [-0.4, -0.2) is 136 Å². The highest BCUT2D eigenvalue weighted by Crippen LogP contribution is 2.65. The second-order valence-electron chi connectivity index (χ2n) is 23.2. The first-order valence-electron chi connectivity index (χ1n) is 27.3. The van der Waals surface area contributed by atoms with Crippen LogP contribution in [0.1, 0.15) is 132 Å². The van der Waals surface area contributed by atoms with E-state index in [-0.39, 0.29) is 35.5 Å². The molecule has 0 radical (unpaired) electrons. The first-order valence-corrected chi connectivity index (χ1v) is 32.3. The molecular formula is C56H82N2O16Si2. The summed E-state index contributed by atoms with van der Waals surface area (Å²) in [5.41, 5.74) is -7.93. The lowest BCUT2D eigenvalue weighted by Gasteiger charge is -2.68. The van der Waals surface area contributed by atoms with Crippen molar-refractivity contribution in [2.45, 2.75) is 206 Å². The van der Waals surface area contributed by atoms with E-state index >= 15 is 9.59 Å². The van der Waals surface area contributed by atoms with Gasteiger partial charge in [0, 0.05) is 38.3 Å². The molecule has 18 nitrogen and oxygen atoms in total. The zero-order chi connectivity index (χ0) is 56.0. The number of hydrogen-bond donors (Lipinski definition) is 2. The van der Waals surface area contributed by atoms with E-state index in [1.165, 1.54) is 18.1 Å². The normalized spacial score (nSPS) is 29.7. The van der Waals surface area contributed by atoms with Crippen molar-refractivity contribution in [1.29, 1.82) is 0 Å². The summed E-state index contributed by atoms with van der Waals surface area (Å²) in [6, 6.07) is 14.0. The number of alkyl carbamates (subject to hydrolysis) is 1. The molecule has 420 valence electrons. The van der Waals surface area contributed by atoms with Crippen LogP contribution in [-0.2, 0) is 51.7 Å². The quantitative estimate of drug-likeness (QED) is 0.0439. The molecule has 3 heterocycles. The molecule has 0 unspecified atom stereocenters. The van der Waals surface area contributed by atoms with Gasteiger partial charge in [-0.3, -0.25) is 9.59 Å². The molecule has 7 rings (SSSR count). The summed E-state index contributed by atoms with van der Waals surface area (Å²) in [5, 5.41) is 17.3. The van der Waals surface area contributed by atoms with Gasteiger partial charge < -0.3 is 57.0 Å². The summed E-state index contributed by atoms with van der Waals surface area (Å²) < 4.78 is 58.8. The van der Waals surface area contributed by atoms with E-state index in [0.717, 1.165) is 0 Å². The number of ketones is 1. The molecule has 20 heteroatoms. The standard InChI is InChI=1S/C56H82N2O16Si2/c1-15-75(16-2,17-3)73-39-31-40-55(33-67-40,72-51(64)58-28-29-58)45-47(70-48(61)36-25-22-21-23-26-36)56(65)32-38(34(7)41(53(56,12)13)43(68-35(8)59)46(60)54(39,45)14)69-49(62)44(74-76(18-4,19-5)20-6)42(37-27-24-30-66-37)57-50(63)71-52(9,10)11/h21-27,30,38-40,42-45,47,65H,15-20,28-29,31-33H2,1-14H3,(H,57,63)/t38-,39-,40+,42-,43+,44+,45-,47-,54+,55-,56+/m0/s1. The van der Waals surface area contributed by atoms with Crippen molar-refractivity contribution in [2.75, 3.05) is 19.7 Å². The second kappa shape index (κ2) is 22.1. The predicted molar refractivity (Wildman–Crippen MR) is 284 cm³/mol. The molecule has 76 heavy (non-hydrogen) atoms. The van der Waals surface area contributed by atoms with Gasteiger partial charge in [0.25, 0.3) is 0 Å². The van der Waals surface area contributed by atoms with Crippen LogP contribution in [0.3, 0.4) is 0 Å². The monoisotopic (exact) mass is 1090 g/mol. The number of nitrogens with zero attached hydrogens (tertiary/aromatic N) is 1. The van der Waals surface area contributed by atoms with Crippen molar-refractivity contribution in [3.05, 3.63) is 71.2 Å². The highest BCUT2D eigenvalue weighted by atomic mass is 28.4. The summed E-state index contributed by atoms with van der Waals surface area (Å²) in [7, 11) is -5.46. The van der Waals surface area contributed by atoms with Gasteiger partial charge in [-0.05, 0) is 106 Å². The Hall–Kier alpha value is -4.87. The Kier molecular flexibility index (Phi) is 17.1. The average molecular weight is 1100 g/mol. The number of carbonyl (C=O) groups is 6. The minimum atomic E-state index is -2.79. The number of esters is 3. The fourth-order valence-electron chi connectivity index (χ4n) is 12.6. The minimum absolute atomic E-state index is 0.0840. The first-order chi connectivity index (χ1) is 35.7. The number of fused-ring (bicyclic) bond motifs is 5. The topological polar surface area (TPSA) is 225 Å². The van der Waals surface area contributed by atoms with Crippen LogP contribution in [0.4, 0.5) is 9.59 Å². The molecule has 2 bridgehead atoms. The van der Waals surface area contributed by atoms with Gasteiger partial charge in [0.1, 0.15) is 41.3 Å². The van der Waals surface area contributed by atoms with Gasteiger partial charge in [-0.1, -0.05) is 73.6 Å². The molecule has 1 aromatic heterocycles. The smallest absolute Gasteiger partial charge is 0.410 e. The van der Waals surface area contributed by atoms with Gasteiger partial charge >= 0.3 is 30.1 Å². The lowest BCUT2D eigenvalue weighted by atomic mass is 9.44. The van der Waals surface area contributed by atoms with E-state index < -0.39 is 135 Å². The largest absolute Gasteiger partial charge is 0.467 e. The predicted octanol–water partition coefficient (Wildman–Crippen LogP) is 9.37. The third-order valence-corrected chi connectivity index (χ3v) is 27.0.